The van der Waals surface area contributed by atoms with Gasteiger partial charge in [-0.25, -0.2) is 8.42 Å². The number of benzene rings is 1. The number of rotatable bonds is 7. The van der Waals surface area contributed by atoms with Crippen LogP contribution in [0.15, 0.2) is 29.2 Å². The third kappa shape index (κ3) is 4.83. The molecule has 1 atom stereocenters. The molecule has 2 heterocycles. The van der Waals surface area contributed by atoms with Gasteiger partial charge in [-0.05, 0) is 24.1 Å². The van der Waals surface area contributed by atoms with Gasteiger partial charge in [0.1, 0.15) is 0 Å². The van der Waals surface area contributed by atoms with Gasteiger partial charge in [0.05, 0.1) is 30.9 Å². The van der Waals surface area contributed by atoms with Crippen LogP contribution in [0.2, 0.25) is 0 Å². The highest BCUT2D eigenvalue weighted by molar-refractivity contribution is 7.92. The van der Waals surface area contributed by atoms with E-state index in [9.17, 15) is 26.4 Å². The van der Waals surface area contributed by atoms with Crippen LogP contribution < -0.4 is 5.32 Å². The molecular formula is C17H21F3N2O5S. The summed E-state index contributed by atoms with van der Waals surface area (Å²) < 4.78 is 71.0. The number of hydrogen-bond acceptors (Lipinski definition) is 6. The summed E-state index contributed by atoms with van der Waals surface area (Å²) in [6.45, 7) is 2.19. The van der Waals surface area contributed by atoms with Gasteiger partial charge in [0.15, 0.2) is 0 Å². The average molecular weight is 422 g/mol. The van der Waals surface area contributed by atoms with Crippen molar-refractivity contribution in [2.45, 2.75) is 42.0 Å². The molecule has 1 aromatic rings. The molecule has 2 fully saturated rings. The Bertz CT molecular complexity index is 786. The fraction of sp³-hybridized carbons (Fsp3) is 0.588. The number of carbonyl (C=O) groups excluding carboxylic acids is 1. The van der Waals surface area contributed by atoms with Gasteiger partial charge < -0.3 is 14.4 Å². The maximum Gasteiger partial charge on any atom is 0.501 e. The van der Waals surface area contributed by atoms with Crippen LogP contribution in [0.3, 0.4) is 0 Å². The van der Waals surface area contributed by atoms with Crippen LogP contribution in [0.5, 0.6) is 0 Å². The van der Waals surface area contributed by atoms with Crippen molar-refractivity contribution in [1.82, 2.24) is 10.2 Å². The molecule has 3 rings (SSSR count). The molecule has 0 unspecified atom stereocenters. The van der Waals surface area contributed by atoms with Crippen molar-refractivity contribution in [2.24, 2.45) is 0 Å². The topological polar surface area (TPSA) is 84.9 Å². The minimum atomic E-state index is -5.34. The highest BCUT2D eigenvalue weighted by Gasteiger charge is 2.46. The van der Waals surface area contributed by atoms with Crippen LogP contribution in [0, 0.1) is 0 Å². The zero-order chi connectivity index (χ0) is 20.4. The second-order valence-corrected chi connectivity index (χ2v) is 8.72. The lowest BCUT2D eigenvalue weighted by Crippen LogP contribution is -2.54. The van der Waals surface area contributed by atoms with Gasteiger partial charge in [-0.15, -0.1) is 0 Å². The summed E-state index contributed by atoms with van der Waals surface area (Å²) >= 11 is 0. The first kappa shape index (κ1) is 21.0. The lowest BCUT2D eigenvalue weighted by molar-refractivity contribution is -0.146. The van der Waals surface area contributed by atoms with Crippen molar-refractivity contribution in [3.63, 3.8) is 0 Å². The van der Waals surface area contributed by atoms with E-state index in [0.717, 1.165) is 12.1 Å². The van der Waals surface area contributed by atoms with Crippen LogP contribution in [-0.4, -0.2) is 63.3 Å². The van der Waals surface area contributed by atoms with Crippen LogP contribution in [0.4, 0.5) is 13.2 Å². The molecule has 2 aliphatic rings. The lowest BCUT2D eigenvalue weighted by Gasteiger charge is -2.39. The quantitative estimate of drug-likeness (QED) is 0.716. The Balaban J connectivity index is 1.39. The summed E-state index contributed by atoms with van der Waals surface area (Å²) in [6, 6.07) is 4.62. The van der Waals surface area contributed by atoms with Gasteiger partial charge in [0.25, 0.3) is 9.84 Å². The third-order valence-corrected chi connectivity index (χ3v) is 6.23. The van der Waals surface area contributed by atoms with E-state index in [1.807, 2.05) is 0 Å². The molecule has 2 aliphatic heterocycles. The molecule has 0 radical (unpaired) electrons. The molecule has 1 amide bonds. The fourth-order valence-corrected chi connectivity index (χ4v) is 3.70. The van der Waals surface area contributed by atoms with Gasteiger partial charge in [0, 0.05) is 25.6 Å². The summed E-state index contributed by atoms with van der Waals surface area (Å²) in [5.41, 5.74) is -4.77. The molecule has 0 saturated carbocycles. The predicted molar refractivity (Wildman–Crippen MR) is 91.8 cm³/mol. The van der Waals surface area contributed by atoms with Gasteiger partial charge in [0.2, 0.25) is 5.91 Å². The molecule has 11 heteroatoms. The van der Waals surface area contributed by atoms with Gasteiger partial charge in [-0.2, -0.15) is 13.2 Å². The second-order valence-electron chi connectivity index (χ2n) is 6.78. The molecule has 1 N–H and O–H groups in total. The molecule has 0 spiro atoms. The van der Waals surface area contributed by atoms with E-state index in [4.69, 9.17) is 9.47 Å². The number of likely N-dealkylation sites (tertiary alicyclic amines) is 1. The number of alkyl halides is 3. The maximum atomic E-state index is 12.5. The van der Waals surface area contributed by atoms with Gasteiger partial charge >= 0.3 is 5.51 Å². The van der Waals surface area contributed by atoms with E-state index in [-0.39, 0.29) is 24.7 Å². The fourth-order valence-electron chi connectivity index (χ4n) is 2.94. The third-order valence-electron chi connectivity index (χ3n) is 4.72. The summed E-state index contributed by atoms with van der Waals surface area (Å²) in [5.74, 6) is 0.0512. The van der Waals surface area contributed by atoms with E-state index in [2.05, 4.69) is 5.32 Å². The second kappa shape index (κ2) is 8.36. The smallest absolute Gasteiger partial charge is 0.370 e. The van der Waals surface area contributed by atoms with Crippen LogP contribution >= 0.6 is 0 Å². The number of hydrogen-bond donors (Lipinski definition) is 1. The molecule has 1 aromatic carbocycles. The molecule has 0 aromatic heterocycles. The number of nitrogens with one attached hydrogen (secondary N) is 1. The largest absolute Gasteiger partial charge is 0.501 e. The zero-order valence-electron chi connectivity index (χ0n) is 14.9. The monoisotopic (exact) mass is 422 g/mol. The standard InChI is InChI=1S/C17H21F3N2O5S/c18-17(19,20)28(24,25)15-4-1-12(2-5-15)9-27-14-7-22(8-14)16(23)6-3-13-10-26-11-21-13/h1-2,4-5,13-14,21H,3,6-11H2/t13-/m1/s1. The number of sulfone groups is 1. The Kier molecular flexibility index (Phi) is 6.28. The first-order chi connectivity index (χ1) is 13.2. The minimum absolute atomic E-state index is 0.0512. The Labute approximate surface area is 160 Å². The lowest BCUT2D eigenvalue weighted by atomic mass is 10.1. The summed E-state index contributed by atoms with van der Waals surface area (Å²) in [7, 11) is -5.34. The highest BCUT2D eigenvalue weighted by atomic mass is 32.2. The van der Waals surface area contributed by atoms with Gasteiger partial charge in [-0.3, -0.25) is 10.1 Å². The SMILES string of the molecule is O=C(CC[C@@H]1COCN1)N1CC(OCc2ccc(S(=O)(=O)C(F)(F)F)cc2)C1. The number of amides is 1. The molecule has 156 valence electrons. The Hall–Kier alpha value is -1.69. The predicted octanol–water partition coefficient (Wildman–Crippen LogP) is 1.43. The molecule has 0 aliphatic carbocycles. The van der Waals surface area contributed by atoms with E-state index in [0.29, 0.717) is 44.8 Å². The van der Waals surface area contributed by atoms with E-state index < -0.39 is 20.2 Å². The molecule has 28 heavy (non-hydrogen) atoms. The van der Waals surface area contributed by atoms with E-state index >= 15 is 0 Å². The number of carbonyl (C=O) groups is 1. The van der Waals surface area contributed by atoms with Crippen LogP contribution in [-0.2, 0) is 30.7 Å². The van der Waals surface area contributed by atoms with Crippen molar-refractivity contribution >= 4 is 15.7 Å². The summed E-state index contributed by atoms with van der Waals surface area (Å²) in [5, 5.41) is 3.14. The van der Waals surface area contributed by atoms with Crippen molar-refractivity contribution in [1.29, 1.82) is 0 Å². The molecular weight excluding hydrogens is 401 g/mol. The van der Waals surface area contributed by atoms with Crippen molar-refractivity contribution < 1.29 is 35.9 Å². The highest BCUT2D eigenvalue weighted by Crippen LogP contribution is 2.30. The van der Waals surface area contributed by atoms with Crippen molar-refractivity contribution in [3.8, 4) is 0 Å². The van der Waals surface area contributed by atoms with E-state index in [1.165, 1.54) is 12.1 Å². The number of ether oxygens (including phenoxy) is 2. The normalized spacial score (nSPS) is 21.0. The Morgan fingerprint density at radius 1 is 1.25 bits per heavy atom. The Morgan fingerprint density at radius 3 is 2.50 bits per heavy atom. The van der Waals surface area contributed by atoms with Crippen LogP contribution in [0.25, 0.3) is 0 Å². The minimum Gasteiger partial charge on any atom is -0.370 e. The van der Waals surface area contributed by atoms with E-state index in [1.54, 1.807) is 4.90 Å². The molecule has 0 bridgehead atoms. The summed E-state index contributed by atoms with van der Waals surface area (Å²) in [6.07, 6.45) is 1.01. The first-order valence-electron chi connectivity index (χ1n) is 8.77. The average Bonchev–Trinajstić information content (AvgIpc) is 3.11. The Morgan fingerprint density at radius 2 is 1.93 bits per heavy atom. The molecule has 7 nitrogen and oxygen atoms in total. The van der Waals surface area contributed by atoms with Crippen molar-refractivity contribution in [2.75, 3.05) is 26.4 Å². The first-order valence-corrected chi connectivity index (χ1v) is 10.3. The molecule has 2 saturated heterocycles. The zero-order valence-corrected chi connectivity index (χ0v) is 15.8. The number of halogens is 3. The van der Waals surface area contributed by atoms with Crippen LogP contribution in [0.1, 0.15) is 18.4 Å². The number of nitrogens with zero attached hydrogens (tertiary/aromatic N) is 1. The van der Waals surface area contributed by atoms with Gasteiger partial charge in [-0.1, -0.05) is 12.1 Å². The maximum absolute atomic E-state index is 12.5. The summed E-state index contributed by atoms with van der Waals surface area (Å²) in [4.78, 5) is 13.0. The van der Waals surface area contributed by atoms with Crippen molar-refractivity contribution in [3.05, 3.63) is 29.8 Å².